The highest BCUT2D eigenvalue weighted by Crippen LogP contribution is 2.14. The van der Waals surface area contributed by atoms with Gasteiger partial charge >= 0.3 is 0 Å². The van der Waals surface area contributed by atoms with E-state index in [0.29, 0.717) is 18.7 Å². The summed E-state index contributed by atoms with van der Waals surface area (Å²) in [7, 11) is 4.08. The molecule has 0 atom stereocenters. The lowest BCUT2D eigenvalue weighted by Crippen LogP contribution is -2.25. The van der Waals surface area contributed by atoms with Crippen LogP contribution in [0, 0.1) is 0 Å². The molecule has 1 aromatic carbocycles. The molecule has 0 bridgehead atoms. The SMILES string of the molecule is CN(C)Cc1cccc(OCCCNC(=O)c2cccnc2)c1. The van der Waals surface area contributed by atoms with Crippen LogP contribution in [0.5, 0.6) is 5.75 Å². The average molecular weight is 313 g/mol. The van der Waals surface area contributed by atoms with Gasteiger partial charge in [0.05, 0.1) is 12.2 Å². The number of nitrogens with zero attached hydrogens (tertiary/aromatic N) is 2. The van der Waals surface area contributed by atoms with Gasteiger partial charge in [0.25, 0.3) is 5.91 Å². The second-order valence-corrected chi connectivity index (χ2v) is 5.58. The van der Waals surface area contributed by atoms with Crippen molar-refractivity contribution in [2.24, 2.45) is 0 Å². The molecule has 0 aliphatic rings. The number of rotatable bonds is 8. The van der Waals surface area contributed by atoms with Crippen LogP contribution in [0.15, 0.2) is 48.8 Å². The average Bonchev–Trinajstić information content (AvgIpc) is 2.55. The van der Waals surface area contributed by atoms with Crippen LogP contribution in [-0.4, -0.2) is 43.0 Å². The summed E-state index contributed by atoms with van der Waals surface area (Å²) in [5.41, 5.74) is 1.79. The predicted molar refractivity (Wildman–Crippen MR) is 90.5 cm³/mol. The molecule has 0 fully saturated rings. The Morgan fingerprint density at radius 3 is 2.87 bits per heavy atom. The van der Waals surface area contributed by atoms with Crippen molar-refractivity contribution >= 4 is 5.91 Å². The standard InChI is InChI=1S/C18H23N3O2/c1-21(2)14-15-6-3-8-17(12-15)23-11-5-10-20-18(22)16-7-4-9-19-13-16/h3-4,6-9,12-13H,5,10-11,14H2,1-2H3,(H,20,22). The molecule has 122 valence electrons. The van der Waals surface area contributed by atoms with Crippen molar-refractivity contribution in [1.29, 1.82) is 0 Å². The van der Waals surface area contributed by atoms with Crippen molar-refractivity contribution in [3.63, 3.8) is 0 Å². The fourth-order valence-electron chi connectivity index (χ4n) is 2.16. The molecule has 1 heterocycles. The van der Waals surface area contributed by atoms with E-state index in [1.54, 1.807) is 24.5 Å². The van der Waals surface area contributed by atoms with Crippen molar-refractivity contribution in [2.75, 3.05) is 27.2 Å². The maximum atomic E-state index is 11.8. The van der Waals surface area contributed by atoms with Crippen molar-refractivity contribution < 1.29 is 9.53 Å². The van der Waals surface area contributed by atoms with Crippen molar-refractivity contribution in [1.82, 2.24) is 15.2 Å². The molecule has 23 heavy (non-hydrogen) atoms. The lowest BCUT2D eigenvalue weighted by atomic mass is 10.2. The van der Waals surface area contributed by atoms with Gasteiger partial charge in [0, 0.05) is 25.5 Å². The molecule has 0 aliphatic heterocycles. The lowest BCUT2D eigenvalue weighted by Gasteiger charge is -2.12. The third-order valence-electron chi connectivity index (χ3n) is 3.20. The fraction of sp³-hybridized carbons (Fsp3) is 0.333. The van der Waals surface area contributed by atoms with E-state index in [1.807, 2.05) is 32.3 Å². The van der Waals surface area contributed by atoms with E-state index in [-0.39, 0.29) is 5.91 Å². The van der Waals surface area contributed by atoms with E-state index in [1.165, 1.54) is 5.56 Å². The van der Waals surface area contributed by atoms with E-state index < -0.39 is 0 Å². The number of amides is 1. The molecule has 5 nitrogen and oxygen atoms in total. The summed E-state index contributed by atoms with van der Waals surface area (Å²) >= 11 is 0. The summed E-state index contributed by atoms with van der Waals surface area (Å²) in [5.74, 6) is 0.758. The molecule has 0 radical (unpaired) electrons. The molecule has 0 saturated carbocycles. The van der Waals surface area contributed by atoms with Gasteiger partial charge < -0.3 is 15.0 Å². The number of hydrogen-bond donors (Lipinski definition) is 1. The number of nitrogens with one attached hydrogen (secondary N) is 1. The van der Waals surface area contributed by atoms with Gasteiger partial charge in [-0.25, -0.2) is 0 Å². The van der Waals surface area contributed by atoms with Gasteiger partial charge in [0.2, 0.25) is 0 Å². The molecule has 0 spiro atoms. The molecule has 0 aliphatic carbocycles. The fourth-order valence-corrected chi connectivity index (χ4v) is 2.16. The smallest absolute Gasteiger partial charge is 0.252 e. The van der Waals surface area contributed by atoms with Gasteiger partial charge in [-0.3, -0.25) is 9.78 Å². The van der Waals surface area contributed by atoms with Crippen LogP contribution in [0.3, 0.4) is 0 Å². The molecular formula is C18H23N3O2. The van der Waals surface area contributed by atoms with Crippen LogP contribution >= 0.6 is 0 Å². The zero-order valence-electron chi connectivity index (χ0n) is 13.7. The molecule has 1 amide bonds. The van der Waals surface area contributed by atoms with Crippen molar-refractivity contribution in [3.05, 3.63) is 59.9 Å². The number of pyridine rings is 1. The first kappa shape index (κ1) is 17.0. The zero-order valence-corrected chi connectivity index (χ0v) is 13.7. The monoisotopic (exact) mass is 313 g/mol. The van der Waals surface area contributed by atoms with Crippen LogP contribution in [0.4, 0.5) is 0 Å². The zero-order chi connectivity index (χ0) is 16.5. The summed E-state index contributed by atoms with van der Waals surface area (Å²) in [5, 5.41) is 2.86. The normalized spacial score (nSPS) is 10.6. The van der Waals surface area contributed by atoms with Crippen LogP contribution in [-0.2, 0) is 6.54 Å². The highest BCUT2D eigenvalue weighted by atomic mass is 16.5. The minimum atomic E-state index is -0.105. The minimum Gasteiger partial charge on any atom is -0.494 e. The van der Waals surface area contributed by atoms with Crippen LogP contribution < -0.4 is 10.1 Å². The summed E-state index contributed by atoms with van der Waals surface area (Å²) in [6, 6.07) is 11.6. The van der Waals surface area contributed by atoms with E-state index in [9.17, 15) is 4.79 Å². The first-order chi connectivity index (χ1) is 11.1. The van der Waals surface area contributed by atoms with Crippen LogP contribution in [0.1, 0.15) is 22.3 Å². The van der Waals surface area contributed by atoms with E-state index in [0.717, 1.165) is 18.7 Å². The second-order valence-electron chi connectivity index (χ2n) is 5.58. The summed E-state index contributed by atoms with van der Waals surface area (Å²) in [6.45, 7) is 2.03. The lowest BCUT2D eigenvalue weighted by molar-refractivity contribution is 0.0951. The van der Waals surface area contributed by atoms with E-state index in [2.05, 4.69) is 21.3 Å². The Morgan fingerprint density at radius 2 is 2.13 bits per heavy atom. The molecule has 1 aromatic heterocycles. The molecule has 5 heteroatoms. The Bertz CT molecular complexity index is 615. The Balaban J connectivity index is 1.68. The van der Waals surface area contributed by atoms with Gasteiger partial charge in [0.15, 0.2) is 0 Å². The maximum absolute atomic E-state index is 11.8. The molecule has 2 rings (SSSR count). The quantitative estimate of drug-likeness (QED) is 0.760. The predicted octanol–water partition coefficient (Wildman–Crippen LogP) is 2.34. The minimum absolute atomic E-state index is 0.105. The van der Waals surface area contributed by atoms with Gasteiger partial charge in [0.1, 0.15) is 5.75 Å². The molecule has 2 aromatic rings. The Hall–Kier alpha value is -2.40. The Labute approximate surface area is 137 Å². The number of carbonyl (C=O) groups excluding carboxylic acids is 1. The van der Waals surface area contributed by atoms with Gasteiger partial charge in [-0.05, 0) is 50.3 Å². The third kappa shape index (κ3) is 6.08. The molecular weight excluding hydrogens is 290 g/mol. The van der Waals surface area contributed by atoms with E-state index >= 15 is 0 Å². The molecule has 0 saturated heterocycles. The summed E-state index contributed by atoms with van der Waals surface area (Å²) < 4.78 is 5.73. The summed E-state index contributed by atoms with van der Waals surface area (Å²) in [4.78, 5) is 17.9. The van der Waals surface area contributed by atoms with Crippen molar-refractivity contribution in [2.45, 2.75) is 13.0 Å². The van der Waals surface area contributed by atoms with Gasteiger partial charge in [-0.1, -0.05) is 12.1 Å². The van der Waals surface area contributed by atoms with Crippen LogP contribution in [0.2, 0.25) is 0 Å². The number of aromatic nitrogens is 1. The third-order valence-corrected chi connectivity index (χ3v) is 3.20. The first-order valence-corrected chi connectivity index (χ1v) is 7.70. The Kier molecular flexibility index (Phi) is 6.56. The number of ether oxygens (including phenoxy) is 1. The molecule has 1 N–H and O–H groups in total. The highest BCUT2D eigenvalue weighted by molar-refractivity contribution is 5.93. The summed E-state index contributed by atoms with van der Waals surface area (Å²) in [6.07, 6.45) is 3.96. The topological polar surface area (TPSA) is 54.5 Å². The van der Waals surface area contributed by atoms with Gasteiger partial charge in [-0.2, -0.15) is 0 Å². The second kappa shape index (κ2) is 8.90. The largest absolute Gasteiger partial charge is 0.494 e. The number of carbonyl (C=O) groups is 1. The first-order valence-electron chi connectivity index (χ1n) is 7.70. The van der Waals surface area contributed by atoms with Gasteiger partial charge in [-0.15, -0.1) is 0 Å². The van der Waals surface area contributed by atoms with Crippen molar-refractivity contribution in [3.8, 4) is 5.75 Å². The number of benzene rings is 1. The maximum Gasteiger partial charge on any atom is 0.252 e. The molecule has 0 unspecified atom stereocenters. The Morgan fingerprint density at radius 1 is 1.26 bits per heavy atom. The number of hydrogen-bond acceptors (Lipinski definition) is 4. The highest BCUT2D eigenvalue weighted by Gasteiger charge is 2.04. The van der Waals surface area contributed by atoms with Crippen LogP contribution in [0.25, 0.3) is 0 Å². The van der Waals surface area contributed by atoms with E-state index in [4.69, 9.17) is 4.74 Å².